The van der Waals surface area contributed by atoms with Crippen LogP contribution in [0.1, 0.15) is 10.4 Å². The second-order valence-corrected chi connectivity index (χ2v) is 7.73. The molecule has 1 aromatic heterocycles. The van der Waals surface area contributed by atoms with Gasteiger partial charge in [0.2, 0.25) is 5.89 Å². The van der Waals surface area contributed by atoms with E-state index < -0.39 is 0 Å². The smallest absolute Gasteiger partial charge is 0.256 e. The Morgan fingerprint density at radius 3 is 2.63 bits per heavy atom. The Labute approximate surface area is 186 Å². The number of amides is 1. The molecule has 0 atom stereocenters. The van der Waals surface area contributed by atoms with Crippen LogP contribution in [0.3, 0.4) is 0 Å². The summed E-state index contributed by atoms with van der Waals surface area (Å²) in [5.41, 5.74) is 2.37. The van der Waals surface area contributed by atoms with Gasteiger partial charge in [-0.1, -0.05) is 51.8 Å². The van der Waals surface area contributed by atoms with Gasteiger partial charge in [-0.3, -0.25) is 4.79 Å². The number of nitrogens with one attached hydrogen (secondary N) is 1. The number of nitrogens with zero attached hydrogens (tertiary/aromatic N) is 1. The van der Waals surface area contributed by atoms with Gasteiger partial charge < -0.3 is 14.5 Å². The molecule has 0 saturated carbocycles. The van der Waals surface area contributed by atoms with Crippen molar-refractivity contribution >= 4 is 39.1 Å². The normalized spacial score (nSPS) is 10.6. The standard InChI is InChI=1S/C23H16BrClN2O3/c1-29-20-11-10-16(25)12-19(20)27-22(28)17-4-2-3-5-18(17)23-26-13-21(30-23)14-6-8-15(24)9-7-14/h2-13H,1H3,(H,27,28). The van der Waals surface area contributed by atoms with E-state index in [1.165, 1.54) is 7.11 Å². The molecule has 0 radical (unpaired) electrons. The van der Waals surface area contributed by atoms with E-state index in [4.69, 9.17) is 20.8 Å². The van der Waals surface area contributed by atoms with E-state index >= 15 is 0 Å². The quantitative estimate of drug-likeness (QED) is 0.344. The first-order valence-corrected chi connectivity index (χ1v) is 10.2. The minimum absolute atomic E-state index is 0.324. The molecule has 0 saturated heterocycles. The molecule has 7 heteroatoms. The SMILES string of the molecule is COc1ccc(Cl)cc1NC(=O)c1ccccc1-c1ncc(-c2ccc(Br)cc2)o1. The van der Waals surface area contributed by atoms with Crippen molar-refractivity contribution < 1.29 is 13.9 Å². The summed E-state index contributed by atoms with van der Waals surface area (Å²) in [6, 6.07) is 19.9. The van der Waals surface area contributed by atoms with Gasteiger partial charge in [-0.05, 0) is 42.5 Å². The third-order valence-corrected chi connectivity index (χ3v) is 5.21. The maximum atomic E-state index is 13.0. The predicted octanol–water partition coefficient (Wildman–Crippen LogP) is 6.69. The molecule has 3 aromatic carbocycles. The van der Waals surface area contributed by atoms with Crippen LogP contribution in [-0.4, -0.2) is 18.0 Å². The van der Waals surface area contributed by atoms with Gasteiger partial charge in [0.1, 0.15) is 5.75 Å². The largest absolute Gasteiger partial charge is 0.495 e. The molecule has 0 aliphatic rings. The fourth-order valence-corrected chi connectivity index (χ4v) is 3.42. The highest BCUT2D eigenvalue weighted by atomic mass is 79.9. The van der Waals surface area contributed by atoms with Gasteiger partial charge in [0.15, 0.2) is 5.76 Å². The average Bonchev–Trinajstić information content (AvgIpc) is 3.24. The lowest BCUT2D eigenvalue weighted by Gasteiger charge is -2.12. The molecule has 0 aliphatic carbocycles. The summed E-state index contributed by atoms with van der Waals surface area (Å²) >= 11 is 9.49. The molecule has 4 aromatic rings. The van der Waals surface area contributed by atoms with Crippen molar-refractivity contribution in [2.75, 3.05) is 12.4 Å². The third kappa shape index (κ3) is 4.25. The van der Waals surface area contributed by atoms with E-state index in [1.807, 2.05) is 30.3 Å². The van der Waals surface area contributed by atoms with Crippen LogP contribution in [0, 0.1) is 0 Å². The number of benzene rings is 3. The number of hydrogen-bond acceptors (Lipinski definition) is 4. The fraction of sp³-hybridized carbons (Fsp3) is 0.0435. The summed E-state index contributed by atoms with van der Waals surface area (Å²) in [7, 11) is 1.53. The predicted molar refractivity (Wildman–Crippen MR) is 121 cm³/mol. The molecule has 0 bridgehead atoms. The lowest BCUT2D eigenvalue weighted by atomic mass is 10.1. The van der Waals surface area contributed by atoms with Crippen molar-refractivity contribution in [1.29, 1.82) is 0 Å². The zero-order valence-corrected chi connectivity index (χ0v) is 18.2. The van der Waals surface area contributed by atoms with Crippen LogP contribution in [-0.2, 0) is 0 Å². The number of oxazole rings is 1. The summed E-state index contributed by atoms with van der Waals surface area (Å²) in [4.78, 5) is 17.4. The minimum Gasteiger partial charge on any atom is -0.495 e. The van der Waals surface area contributed by atoms with Crippen LogP contribution < -0.4 is 10.1 Å². The van der Waals surface area contributed by atoms with Crippen molar-refractivity contribution in [3.05, 3.63) is 88.0 Å². The molecule has 1 N–H and O–H groups in total. The molecule has 0 unspecified atom stereocenters. The van der Waals surface area contributed by atoms with Crippen LogP contribution in [0.15, 0.2) is 81.8 Å². The summed E-state index contributed by atoms with van der Waals surface area (Å²) in [5, 5.41) is 3.34. The third-order valence-electron chi connectivity index (χ3n) is 4.45. The maximum Gasteiger partial charge on any atom is 0.256 e. The molecule has 30 heavy (non-hydrogen) atoms. The van der Waals surface area contributed by atoms with Crippen molar-refractivity contribution in [2.45, 2.75) is 0 Å². The number of carbonyl (C=O) groups is 1. The Bertz CT molecular complexity index is 1210. The van der Waals surface area contributed by atoms with Crippen LogP contribution in [0.2, 0.25) is 5.02 Å². The fourth-order valence-electron chi connectivity index (χ4n) is 2.98. The first-order valence-electron chi connectivity index (χ1n) is 9.01. The first kappa shape index (κ1) is 20.2. The second kappa shape index (κ2) is 8.73. The Balaban J connectivity index is 1.66. The maximum absolute atomic E-state index is 13.0. The van der Waals surface area contributed by atoms with Crippen LogP contribution in [0.25, 0.3) is 22.8 Å². The molecule has 1 amide bonds. The highest BCUT2D eigenvalue weighted by Gasteiger charge is 2.18. The Morgan fingerprint density at radius 2 is 1.87 bits per heavy atom. The molecule has 0 fully saturated rings. The van der Waals surface area contributed by atoms with Crippen LogP contribution >= 0.6 is 27.5 Å². The van der Waals surface area contributed by atoms with E-state index in [1.54, 1.807) is 42.6 Å². The van der Waals surface area contributed by atoms with E-state index in [9.17, 15) is 4.79 Å². The average molecular weight is 484 g/mol. The lowest BCUT2D eigenvalue weighted by Crippen LogP contribution is -2.14. The van der Waals surface area contributed by atoms with Crippen LogP contribution in [0.5, 0.6) is 5.75 Å². The van der Waals surface area contributed by atoms with Gasteiger partial charge in [0.05, 0.1) is 24.6 Å². The Hall–Kier alpha value is -3.09. The summed E-state index contributed by atoms with van der Waals surface area (Å²) < 4.78 is 12.2. The number of rotatable bonds is 5. The number of halogens is 2. The first-order chi connectivity index (χ1) is 14.5. The van der Waals surface area contributed by atoms with E-state index in [0.29, 0.717) is 39.2 Å². The molecule has 5 nitrogen and oxygen atoms in total. The topological polar surface area (TPSA) is 64.4 Å². The van der Waals surface area contributed by atoms with Gasteiger partial charge in [0, 0.05) is 20.6 Å². The van der Waals surface area contributed by atoms with Gasteiger partial charge in [-0.2, -0.15) is 0 Å². The summed E-state index contributed by atoms with van der Waals surface area (Å²) in [6.45, 7) is 0. The van der Waals surface area contributed by atoms with E-state index in [2.05, 4.69) is 26.2 Å². The number of methoxy groups -OCH3 is 1. The van der Waals surface area contributed by atoms with Crippen LogP contribution in [0.4, 0.5) is 5.69 Å². The Morgan fingerprint density at radius 1 is 1.10 bits per heavy atom. The van der Waals surface area contributed by atoms with Gasteiger partial charge >= 0.3 is 0 Å². The zero-order chi connectivity index (χ0) is 21.1. The minimum atomic E-state index is -0.324. The van der Waals surface area contributed by atoms with Crippen molar-refractivity contribution in [2.24, 2.45) is 0 Å². The molecule has 0 spiro atoms. The molecular weight excluding hydrogens is 468 g/mol. The lowest BCUT2D eigenvalue weighted by molar-refractivity contribution is 0.102. The number of ether oxygens (including phenoxy) is 1. The number of aromatic nitrogens is 1. The summed E-state index contributed by atoms with van der Waals surface area (Å²) in [6.07, 6.45) is 1.65. The highest BCUT2D eigenvalue weighted by molar-refractivity contribution is 9.10. The van der Waals surface area contributed by atoms with Gasteiger partial charge in [-0.25, -0.2) is 4.98 Å². The zero-order valence-electron chi connectivity index (χ0n) is 15.9. The molecule has 4 rings (SSSR count). The molecular formula is C23H16BrClN2O3. The van der Waals surface area contributed by atoms with Crippen molar-refractivity contribution in [1.82, 2.24) is 4.98 Å². The second-order valence-electron chi connectivity index (χ2n) is 6.38. The molecule has 150 valence electrons. The van der Waals surface area contributed by atoms with E-state index in [0.717, 1.165) is 10.0 Å². The summed E-state index contributed by atoms with van der Waals surface area (Å²) in [5.74, 6) is 1.16. The highest BCUT2D eigenvalue weighted by Crippen LogP contribution is 2.31. The molecule has 0 aliphatic heterocycles. The number of hydrogen-bond donors (Lipinski definition) is 1. The Kier molecular flexibility index (Phi) is 5.88. The van der Waals surface area contributed by atoms with E-state index in [-0.39, 0.29) is 5.91 Å². The number of anilines is 1. The molecule has 1 heterocycles. The monoisotopic (exact) mass is 482 g/mol. The van der Waals surface area contributed by atoms with Crippen molar-refractivity contribution in [3.8, 4) is 28.5 Å². The van der Waals surface area contributed by atoms with Crippen molar-refractivity contribution in [3.63, 3.8) is 0 Å². The van der Waals surface area contributed by atoms with Gasteiger partial charge in [0.25, 0.3) is 5.91 Å². The number of carbonyl (C=O) groups excluding carboxylic acids is 1. The van der Waals surface area contributed by atoms with Gasteiger partial charge in [-0.15, -0.1) is 0 Å².